The van der Waals surface area contributed by atoms with Crippen LogP contribution in [0.5, 0.6) is 0 Å². The molecule has 5 N–H and O–H groups in total. The molecule has 0 radical (unpaired) electrons. The topological polar surface area (TPSA) is 201 Å². The third-order valence-corrected chi connectivity index (χ3v) is 9.87. The van der Waals surface area contributed by atoms with Crippen LogP contribution in [0.15, 0.2) is 82.3 Å². The van der Waals surface area contributed by atoms with E-state index in [1.807, 2.05) is 0 Å². The molecule has 0 aliphatic heterocycles. The van der Waals surface area contributed by atoms with Crippen LogP contribution in [0, 0.1) is 27.0 Å². The highest BCUT2D eigenvalue weighted by Crippen LogP contribution is 2.31. The summed E-state index contributed by atoms with van der Waals surface area (Å²) in [5.74, 6) is -1.57. The van der Waals surface area contributed by atoms with E-state index in [0.29, 0.717) is 47.6 Å². The molecule has 16 nitrogen and oxygen atoms in total. The molecule has 4 heterocycles. The van der Waals surface area contributed by atoms with Gasteiger partial charge in [0.1, 0.15) is 20.6 Å². The Balaban J connectivity index is 0.000000199. The number of halogens is 4. The number of anilines is 2. The Morgan fingerprint density at radius 2 is 1.17 bits per heavy atom. The molecule has 0 saturated heterocycles. The van der Waals surface area contributed by atoms with Crippen molar-refractivity contribution in [2.45, 2.75) is 32.7 Å². The van der Waals surface area contributed by atoms with Crippen molar-refractivity contribution in [3.05, 3.63) is 149 Å². The zero-order chi connectivity index (χ0) is 42.5. The predicted octanol–water partition coefficient (Wildman–Crippen LogP) is 8.58. The molecular weight excluding hydrogens is 931 g/mol. The number of pyridine rings is 2. The summed E-state index contributed by atoms with van der Waals surface area (Å²) in [5, 5.41) is 17.5. The zero-order valence-electron chi connectivity index (χ0n) is 30.7. The first-order valence-corrected chi connectivity index (χ1v) is 19.5. The van der Waals surface area contributed by atoms with Crippen molar-refractivity contribution in [3.63, 3.8) is 0 Å². The number of nitrogens with two attached hydrogens (primary N) is 1. The molecule has 20 heteroatoms. The fourth-order valence-corrected chi connectivity index (χ4v) is 6.79. The molecule has 1 fully saturated rings. The molecule has 0 bridgehead atoms. The van der Waals surface area contributed by atoms with E-state index in [0.717, 1.165) is 12.8 Å². The van der Waals surface area contributed by atoms with Gasteiger partial charge in [-0.3, -0.25) is 19.2 Å². The lowest BCUT2D eigenvalue weighted by Gasteiger charge is -2.15. The van der Waals surface area contributed by atoms with Crippen LogP contribution < -0.4 is 21.7 Å². The van der Waals surface area contributed by atoms with Crippen LogP contribution in [-0.4, -0.2) is 59.2 Å². The van der Waals surface area contributed by atoms with Crippen molar-refractivity contribution in [1.82, 2.24) is 34.8 Å². The molecular formula is C39H28Br2Cl2N12O4. The first-order chi connectivity index (χ1) is 28.2. The third kappa shape index (κ3) is 9.65. The second-order valence-electron chi connectivity index (χ2n) is 12.8. The minimum atomic E-state index is -0.758. The summed E-state index contributed by atoms with van der Waals surface area (Å²) in [6.45, 7) is 17.8. The lowest BCUT2D eigenvalue weighted by atomic mass is 10.1. The largest absolute Gasteiger partial charge is 0.366 e. The number of benzene rings is 2. The molecule has 0 atom stereocenters. The van der Waals surface area contributed by atoms with Gasteiger partial charge in [0.15, 0.2) is 23.0 Å². The van der Waals surface area contributed by atoms with Crippen molar-refractivity contribution in [2.24, 2.45) is 5.73 Å². The molecule has 4 aromatic heterocycles. The number of amides is 4. The van der Waals surface area contributed by atoms with Gasteiger partial charge in [-0.15, -0.1) is 0 Å². The molecule has 59 heavy (non-hydrogen) atoms. The van der Waals surface area contributed by atoms with Crippen molar-refractivity contribution >= 4 is 101 Å². The van der Waals surface area contributed by atoms with Crippen LogP contribution in [0.25, 0.3) is 21.3 Å². The first kappa shape index (κ1) is 42.2. The molecule has 4 amide bonds. The third-order valence-electron chi connectivity index (χ3n) is 8.50. The summed E-state index contributed by atoms with van der Waals surface area (Å²) in [4.78, 5) is 65.8. The van der Waals surface area contributed by atoms with Crippen LogP contribution in [0.1, 0.15) is 65.7 Å². The van der Waals surface area contributed by atoms with E-state index in [-0.39, 0.29) is 51.7 Å². The fourth-order valence-electron chi connectivity index (χ4n) is 5.63. The molecule has 1 aliphatic rings. The standard InChI is InChI=1S/C21H16BrClN6O2.C18H12BrClN6O2/c1-11-8-13(24-2)9-14(20(30)26-12-5-6-12)18(11)27-21(31)16-10-17(22)28-29(16)19-15(23)4-3-7-25-19;1-9-6-10(22-2)7-11(16(21)27)15(9)24-18(28)13-8-14(19)25-26(13)17-12(20)4-3-5-23-17/h3-4,7-10,12H,5-6H2,1H3,(H,26,30)(H,27,31);3-8H,1H3,(H2,21,27)(H,24,28). The molecule has 7 rings (SSSR count). The summed E-state index contributed by atoms with van der Waals surface area (Å²) in [6.07, 6.45) is 4.92. The highest BCUT2D eigenvalue weighted by molar-refractivity contribution is 9.10. The van der Waals surface area contributed by atoms with Crippen molar-refractivity contribution in [2.75, 3.05) is 10.6 Å². The van der Waals surface area contributed by atoms with Gasteiger partial charge in [0.05, 0.1) is 45.7 Å². The number of nitrogens with zero attached hydrogens (tertiary/aromatic N) is 8. The monoisotopic (exact) mass is 956 g/mol. The van der Waals surface area contributed by atoms with Gasteiger partial charge in [-0.05, 0) is 106 Å². The first-order valence-electron chi connectivity index (χ1n) is 17.2. The summed E-state index contributed by atoms with van der Waals surface area (Å²) in [6, 6.07) is 15.8. The lowest BCUT2D eigenvalue weighted by Crippen LogP contribution is -2.27. The normalized spacial score (nSPS) is 11.7. The molecule has 2 aromatic carbocycles. The van der Waals surface area contributed by atoms with Crippen molar-refractivity contribution < 1.29 is 19.2 Å². The molecule has 0 spiro atoms. The summed E-state index contributed by atoms with van der Waals surface area (Å²) < 4.78 is 3.43. The predicted molar refractivity (Wildman–Crippen MR) is 228 cm³/mol. The summed E-state index contributed by atoms with van der Waals surface area (Å²) in [7, 11) is 0. The number of primary amides is 1. The maximum atomic E-state index is 13.2. The Bertz CT molecular complexity index is 2770. The van der Waals surface area contributed by atoms with E-state index >= 15 is 0 Å². The van der Waals surface area contributed by atoms with Gasteiger partial charge < -0.3 is 21.7 Å². The molecule has 6 aromatic rings. The maximum Gasteiger partial charge on any atom is 0.274 e. The number of aromatic nitrogens is 6. The van der Waals surface area contributed by atoms with Gasteiger partial charge in [-0.25, -0.2) is 29.0 Å². The van der Waals surface area contributed by atoms with E-state index in [9.17, 15) is 19.2 Å². The van der Waals surface area contributed by atoms with E-state index < -0.39 is 17.7 Å². The average molecular weight is 959 g/mol. The smallest absolute Gasteiger partial charge is 0.274 e. The second-order valence-corrected chi connectivity index (χ2v) is 15.2. The quantitative estimate of drug-likeness (QED) is 0.103. The average Bonchev–Trinajstić information content (AvgIpc) is 3.81. The van der Waals surface area contributed by atoms with Gasteiger partial charge in [0.25, 0.3) is 17.7 Å². The van der Waals surface area contributed by atoms with Gasteiger partial charge >= 0.3 is 0 Å². The highest BCUT2D eigenvalue weighted by atomic mass is 79.9. The Morgan fingerprint density at radius 3 is 1.58 bits per heavy atom. The van der Waals surface area contributed by atoms with Crippen LogP contribution in [-0.2, 0) is 0 Å². The Labute approximate surface area is 363 Å². The fraction of sp³-hybridized carbons (Fsp3) is 0.128. The molecule has 0 unspecified atom stereocenters. The van der Waals surface area contributed by atoms with Crippen LogP contribution >= 0.6 is 55.1 Å². The van der Waals surface area contributed by atoms with Crippen molar-refractivity contribution in [3.8, 4) is 11.6 Å². The van der Waals surface area contributed by atoms with E-state index in [1.165, 1.54) is 39.8 Å². The maximum absolute atomic E-state index is 13.2. The number of carbonyl (C=O) groups is 4. The SMILES string of the molecule is [C-]#[N+]c1cc(C)c(NC(=O)c2cc(Br)nn2-c2ncccc2Cl)c(C(=O)NC2CC2)c1.[C-]#[N+]c1cc(C)c(NC(=O)c2cc(Br)nn2-c2ncccc2Cl)c(C(N)=O)c1. The number of carbonyl (C=O) groups excluding carboxylic acids is 4. The molecule has 296 valence electrons. The lowest BCUT2D eigenvalue weighted by molar-refractivity contribution is 0.0949. The summed E-state index contributed by atoms with van der Waals surface area (Å²) in [5.41, 5.74) is 8.28. The van der Waals surface area contributed by atoms with Crippen LogP contribution in [0.3, 0.4) is 0 Å². The minimum absolute atomic E-state index is 0.0420. The molecule has 1 saturated carbocycles. The van der Waals surface area contributed by atoms with Crippen LogP contribution in [0.4, 0.5) is 22.7 Å². The Kier molecular flexibility index (Phi) is 12.9. The second kappa shape index (κ2) is 18.0. The van der Waals surface area contributed by atoms with E-state index in [1.54, 1.807) is 56.4 Å². The van der Waals surface area contributed by atoms with Gasteiger partial charge in [-0.2, -0.15) is 10.2 Å². The highest BCUT2D eigenvalue weighted by Gasteiger charge is 2.27. The minimum Gasteiger partial charge on any atom is -0.366 e. The molecule has 1 aliphatic carbocycles. The van der Waals surface area contributed by atoms with E-state index in [2.05, 4.69) is 77.7 Å². The Hall–Kier alpha value is -6.44. The van der Waals surface area contributed by atoms with E-state index in [4.69, 9.17) is 42.1 Å². The number of nitrogens with one attached hydrogen (secondary N) is 3. The zero-order valence-corrected chi connectivity index (χ0v) is 35.4. The number of aryl methyl sites for hydroxylation is 2. The number of hydrogen-bond donors (Lipinski definition) is 4. The van der Waals surface area contributed by atoms with Gasteiger partial charge in [-0.1, -0.05) is 35.3 Å². The Morgan fingerprint density at radius 1 is 0.729 bits per heavy atom. The summed E-state index contributed by atoms with van der Waals surface area (Å²) >= 11 is 18.9. The number of hydrogen-bond acceptors (Lipinski definition) is 8. The van der Waals surface area contributed by atoms with Crippen molar-refractivity contribution in [1.29, 1.82) is 0 Å². The number of rotatable bonds is 9. The van der Waals surface area contributed by atoms with Gasteiger partial charge in [0.2, 0.25) is 5.91 Å². The van der Waals surface area contributed by atoms with Crippen LogP contribution in [0.2, 0.25) is 10.0 Å². The van der Waals surface area contributed by atoms with Gasteiger partial charge in [0, 0.05) is 30.6 Å².